The first-order valence-corrected chi connectivity index (χ1v) is 4.47. The first-order valence-electron chi connectivity index (χ1n) is 4.47. The Morgan fingerprint density at radius 3 is 3.13 bits per heavy atom. The zero-order chi connectivity index (χ0) is 11.1. The normalized spacial score (nSPS) is 11.5. The minimum absolute atomic E-state index is 0.228. The highest BCUT2D eigenvalue weighted by molar-refractivity contribution is 5.81. The fourth-order valence-corrected chi connectivity index (χ4v) is 0.956. The average molecular weight is 204 g/mol. The van der Waals surface area contributed by atoms with Gasteiger partial charge in [0.25, 0.3) is 0 Å². The third kappa shape index (κ3) is 3.75. The molecule has 1 aromatic rings. The molecule has 0 bridgehead atoms. The number of amides is 1. The number of nitrogens with zero attached hydrogens (tertiary/aromatic N) is 2. The van der Waals surface area contributed by atoms with Crippen LogP contribution in [0.25, 0.3) is 0 Å². The zero-order valence-electron chi connectivity index (χ0n) is 8.18. The van der Waals surface area contributed by atoms with Crippen LogP contribution in [0, 0.1) is 12.3 Å². The van der Waals surface area contributed by atoms with Gasteiger partial charge in [-0.2, -0.15) is 10.2 Å². The number of carbonyl (C=O) groups is 1. The van der Waals surface area contributed by atoms with Crippen LogP contribution in [0.4, 0.5) is 0 Å². The molecule has 1 atom stereocenters. The maximum atomic E-state index is 11.3. The lowest BCUT2D eigenvalue weighted by Gasteiger charge is -2.08. The van der Waals surface area contributed by atoms with Crippen LogP contribution in [0.3, 0.4) is 0 Å². The zero-order valence-corrected chi connectivity index (χ0v) is 8.18. The number of hydrogen-bond donors (Lipinski definition) is 2. The van der Waals surface area contributed by atoms with Crippen molar-refractivity contribution in [1.29, 1.82) is 0 Å². The monoisotopic (exact) mass is 204 g/mol. The summed E-state index contributed by atoms with van der Waals surface area (Å²) in [6, 6.07) is 2.85. The Labute approximate surface area is 88.1 Å². The van der Waals surface area contributed by atoms with Crippen molar-refractivity contribution in [3.63, 3.8) is 0 Å². The summed E-state index contributed by atoms with van der Waals surface area (Å²) in [6.45, 7) is 0.310. The Morgan fingerprint density at radius 2 is 2.53 bits per heavy atom. The van der Waals surface area contributed by atoms with E-state index in [0.29, 0.717) is 12.2 Å². The molecule has 1 unspecified atom stereocenters. The summed E-state index contributed by atoms with van der Waals surface area (Å²) in [7, 11) is 0. The van der Waals surface area contributed by atoms with Crippen LogP contribution < -0.4 is 11.1 Å². The van der Waals surface area contributed by atoms with Crippen molar-refractivity contribution in [3.8, 4) is 12.3 Å². The molecule has 1 rings (SSSR count). The Balaban J connectivity index is 2.38. The maximum absolute atomic E-state index is 11.3. The first-order chi connectivity index (χ1) is 7.24. The van der Waals surface area contributed by atoms with Crippen molar-refractivity contribution in [1.82, 2.24) is 15.5 Å². The lowest BCUT2D eigenvalue weighted by molar-refractivity contribution is -0.122. The summed E-state index contributed by atoms with van der Waals surface area (Å²) in [5.74, 6) is 2.05. The van der Waals surface area contributed by atoms with Crippen LogP contribution in [0.5, 0.6) is 0 Å². The van der Waals surface area contributed by atoms with E-state index >= 15 is 0 Å². The van der Waals surface area contributed by atoms with Gasteiger partial charge < -0.3 is 11.1 Å². The molecule has 0 aromatic carbocycles. The fourth-order valence-electron chi connectivity index (χ4n) is 0.956. The molecule has 0 saturated carbocycles. The number of aromatic nitrogens is 2. The Hall–Kier alpha value is -1.93. The second kappa shape index (κ2) is 5.73. The third-order valence-corrected chi connectivity index (χ3v) is 1.75. The largest absolute Gasteiger partial charge is 0.349 e. The summed E-state index contributed by atoms with van der Waals surface area (Å²) in [5.41, 5.74) is 6.18. The molecule has 1 amide bonds. The van der Waals surface area contributed by atoms with Gasteiger partial charge in [-0.1, -0.05) is 0 Å². The van der Waals surface area contributed by atoms with Gasteiger partial charge in [-0.05, 0) is 12.1 Å². The van der Waals surface area contributed by atoms with Crippen molar-refractivity contribution in [2.24, 2.45) is 5.73 Å². The van der Waals surface area contributed by atoms with E-state index in [1.54, 1.807) is 18.3 Å². The number of rotatable bonds is 4. The highest BCUT2D eigenvalue weighted by Gasteiger charge is 2.11. The predicted octanol–water partition coefficient (Wildman–Crippen LogP) is -0.557. The van der Waals surface area contributed by atoms with E-state index in [-0.39, 0.29) is 12.3 Å². The highest BCUT2D eigenvalue weighted by Crippen LogP contribution is 1.91. The molecule has 5 nitrogen and oxygen atoms in total. The van der Waals surface area contributed by atoms with Crippen molar-refractivity contribution < 1.29 is 4.79 Å². The quantitative estimate of drug-likeness (QED) is 0.644. The summed E-state index contributed by atoms with van der Waals surface area (Å²) in [5, 5.41) is 10.1. The minimum atomic E-state index is -0.660. The molecule has 0 fully saturated rings. The molecule has 3 N–H and O–H groups in total. The molecule has 5 heteroatoms. The van der Waals surface area contributed by atoms with Crippen LogP contribution in [0.15, 0.2) is 18.3 Å². The van der Waals surface area contributed by atoms with E-state index < -0.39 is 6.04 Å². The fraction of sp³-hybridized carbons (Fsp3) is 0.300. The number of carbonyl (C=O) groups excluding carboxylic acids is 1. The molecule has 0 aliphatic rings. The molecule has 0 saturated heterocycles. The first kappa shape index (κ1) is 11.1. The number of nitrogens with one attached hydrogen (secondary N) is 1. The predicted molar refractivity (Wildman–Crippen MR) is 55.3 cm³/mol. The van der Waals surface area contributed by atoms with Crippen molar-refractivity contribution in [2.75, 3.05) is 0 Å². The van der Waals surface area contributed by atoms with Crippen LogP contribution in [0.2, 0.25) is 0 Å². The number of hydrogen-bond acceptors (Lipinski definition) is 4. The number of nitrogens with two attached hydrogens (primary N) is 1. The standard InChI is InChI=1S/C10H12N4O/c1-2-4-9(11)10(15)12-7-8-5-3-6-13-14-8/h1,3,5-6,9H,4,7,11H2,(H,12,15). The lowest BCUT2D eigenvalue weighted by atomic mass is 10.2. The molecule has 0 aliphatic heterocycles. The average Bonchev–Trinajstić information content (AvgIpc) is 2.27. The number of terminal acetylenes is 1. The highest BCUT2D eigenvalue weighted by atomic mass is 16.2. The van der Waals surface area contributed by atoms with Gasteiger partial charge in [-0.25, -0.2) is 0 Å². The summed E-state index contributed by atoms with van der Waals surface area (Å²) >= 11 is 0. The van der Waals surface area contributed by atoms with Crippen molar-refractivity contribution in [3.05, 3.63) is 24.0 Å². The molecule has 1 heterocycles. The van der Waals surface area contributed by atoms with Gasteiger partial charge in [0.15, 0.2) is 0 Å². The van der Waals surface area contributed by atoms with Gasteiger partial charge in [-0.15, -0.1) is 12.3 Å². The SMILES string of the molecule is C#CCC(N)C(=O)NCc1cccnn1. The maximum Gasteiger partial charge on any atom is 0.238 e. The third-order valence-electron chi connectivity index (χ3n) is 1.75. The molecular formula is C10H12N4O. The van der Waals surface area contributed by atoms with E-state index in [4.69, 9.17) is 12.2 Å². The second-order valence-corrected chi connectivity index (χ2v) is 2.95. The lowest BCUT2D eigenvalue weighted by Crippen LogP contribution is -2.40. The van der Waals surface area contributed by atoms with Gasteiger partial charge in [-0.3, -0.25) is 4.79 Å². The van der Waals surface area contributed by atoms with Gasteiger partial charge >= 0.3 is 0 Å². The molecule has 0 spiro atoms. The van der Waals surface area contributed by atoms with Crippen LogP contribution in [-0.4, -0.2) is 22.1 Å². The summed E-state index contributed by atoms with van der Waals surface area (Å²) in [6.07, 6.45) is 6.84. The summed E-state index contributed by atoms with van der Waals surface area (Å²) in [4.78, 5) is 11.3. The van der Waals surface area contributed by atoms with Crippen LogP contribution in [-0.2, 0) is 11.3 Å². The van der Waals surface area contributed by atoms with E-state index in [1.807, 2.05) is 0 Å². The molecule has 1 aromatic heterocycles. The topological polar surface area (TPSA) is 80.9 Å². The molecule has 0 aliphatic carbocycles. The minimum Gasteiger partial charge on any atom is -0.349 e. The molecule has 15 heavy (non-hydrogen) atoms. The molecule has 78 valence electrons. The van der Waals surface area contributed by atoms with Crippen LogP contribution in [0.1, 0.15) is 12.1 Å². The second-order valence-electron chi connectivity index (χ2n) is 2.95. The van der Waals surface area contributed by atoms with Gasteiger partial charge in [0, 0.05) is 12.6 Å². The van der Waals surface area contributed by atoms with E-state index in [2.05, 4.69) is 21.4 Å². The Morgan fingerprint density at radius 1 is 1.73 bits per heavy atom. The molecule has 0 radical (unpaired) electrons. The van der Waals surface area contributed by atoms with E-state index in [9.17, 15) is 4.79 Å². The Kier molecular flexibility index (Phi) is 4.26. The van der Waals surface area contributed by atoms with Crippen LogP contribution >= 0.6 is 0 Å². The van der Waals surface area contributed by atoms with Gasteiger partial charge in [0.1, 0.15) is 0 Å². The summed E-state index contributed by atoms with van der Waals surface area (Å²) < 4.78 is 0. The van der Waals surface area contributed by atoms with E-state index in [1.165, 1.54) is 0 Å². The smallest absolute Gasteiger partial charge is 0.238 e. The Bertz CT molecular complexity index is 357. The van der Waals surface area contributed by atoms with Crippen molar-refractivity contribution >= 4 is 5.91 Å². The van der Waals surface area contributed by atoms with Gasteiger partial charge in [0.2, 0.25) is 5.91 Å². The molecular weight excluding hydrogens is 192 g/mol. The van der Waals surface area contributed by atoms with Crippen molar-refractivity contribution in [2.45, 2.75) is 19.0 Å². The van der Waals surface area contributed by atoms with Gasteiger partial charge in [0.05, 0.1) is 18.3 Å². The van der Waals surface area contributed by atoms with E-state index in [0.717, 1.165) is 0 Å².